The van der Waals surface area contributed by atoms with E-state index in [0.29, 0.717) is 23.0 Å². The Balaban J connectivity index is 1.42. The molecule has 0 aliphatic rings. The van der Waals surface area contributed by atoms with Gasteiger partial charge >= 0.3 is 0 Å². The summed E-state index contributed by atoms with van der Waals surface area (Å²) in [5.74, 6) is 0.379. The molecule has 0 saturated carbocycles. The smallest absolute Gasteiger partial charge is 0.276 e. The monoisotopic (exact) mass is 497 g/mol. The van der Waals surface area contributed by atoms with Crippen LogP contribution >= 0.6 is 23.2 Å². The van der Waals surface area contributed by atoms with Gasteiger partial charge in [-0.1, -0.05) is 35.3 Å². The number of carbonyl (C=O) groups is 1. The summed E-state index contributed by atoms with van der Waals surface area (Å²) in [5.41, 5.74) is 5.45. The van der Waals surface area contributed by atoms with Crippen LogP contribution in [0.15, 0.2) is 48.7 Å². The number of hydrogen-bond donors (Lipinski definition) is 1. The van der Waals surface area contributed by atoms with Crippen molar-refractivity contribution in [2.45, 2.75) is 41.0 Å². The van der Waals surface area contributed by atoms with Crippen LogP contribution in [0.25, 0.3) is 0 Å². The number of anilines is 1. The number of nitrogens with one attached hydrogen (secondary N) is 1. The van der Waals surface area contributed by atoms with Crippen LogP contribution in [0.5, 0.6) is 5.75 Å². The molecule has 0 aliphatic carbocycles. The second-order valence-electron chi connectivity index (χ2n) is 8.17. The summed E-state index contributed by atoms with van der Waals surface area (Å²) in [6.07, 6.45) is 1.70. The summed E-state index contributed by atoms with van der Waals surface area (Å²) in [6, 6.07) is 13.0. The first-order valence-corrected chi connectivity index (χ1v) is 11.5. The summed E-state index contributed by atoms with van der Waals surface area (Å²) >= 11 is 12.3. The number of amides is 1. The average molecular weight is 498 g/mol. The van der Waals surface area contributed by atoms with Crippen molar-refractivity contribution < 1.29 is 9.53 Å². The molecule has 2 aromatic heterocycles. The van der Waals surface area contributed by atoms with Gasteiger partial charge in [-0.2, -0.15) is 10.2 Å². The molecule has 2 aromatic carbocycles. The molecule has 1 N–H and O–H groups in total. The molecular formula is C25H25Cl2N5O2. The molecule has 0 bridgehead atoms. The molecular weight excluding hydrogens is 473 g/mol. The number of ether oxygens (including phenoxy) is 1. The van der Waals surface area contributed by atoms with Gasteiger partial charge < -0.3 is 10.1 Å². The van der Waals surface area contributed by atoms with E-state index < -0.39 is 0 Å². The lowest BCUT2D eigenvalue weighted by molar-refractivity contribution is 0.102. The molecule has 34 heavy (non-hydrogen) atoms. The molecule has 0 saturated heterocycles. The van der Waals surface area contributed by atoms with E-state index in [1.165, 1.54) is 0 Å². The highest BCUT2D eigenvalue weighted by Gasteiger charge is 2.17. The Morgan fingerprint density at radius 1 is 1.03 bits per heavy atom. The molecule has 4 rings (SSSR count). The summed E-state index contributed by atoms with van der Waals surface area (Å²) in [5, 5.41) is 13.3. The molecule has 0 atom stereocenters. The van der Waals surface area contributed by atoms with Crippen LogP contribution in [0.2, 0.25) is 10.0 Å². The van der Waals surface area contributed by atoms with Crippen molar-refractivity contribution >= 4 is 34.8 Å². The molecule has 0 fully saturated rings. The number of hydrogen-bond acceptors (Lipinski definition) is 4. The minimum Gasteiger partial charge on any atom is -0.471 e. The van der Waals surface area contributed by atoms with E-state index in [2.05, 4.69) is 15.5 Å². The SMILES string of the molecule is Cc1cc(OCn2ccc(C(=O)Nc3c(C)nn(Cc4cccc(Cl)c4)c3C)n2)cc(C)c1Cl. The molecule has 176 valence electrons. The number of aryl methyl sites for hydroxylation is 3. The van der Waals surface area contributed by atoms with Crippen LogP contribution in [-0.4, -0.2) is 25.5 Å². The van der Waals surface area contributed by atoms with Gasteiger partial charge in [0.15, 0.2) is 12.4 Å². The summed E-state index contributed by atoms with van der Waals surface area (Å²) in [4.78, 5) is 12.8. The van der Waals surface area contributed by atoms with E-state index in [-0.39, 0.29) is 18.3 Å². The van der Waals surface area contributed by atoms with Gasteiger partial charge in [0.2, 0.25) is 0 Å². The maximum absolute atomic E-state index is 12.8. The first-order valence-electron chi connectivity index (χ1n) is 10.7. The zero-order valence-corrected chi connectivity index (χ0v) is 20.9. The van der Waals surface area contributed by atoms with Crippen LogP contribution in [0, 0.1) is 27.7 Å². The van der Waals surface area contributed by atoms with Gasteiger partial charge in [0.25, 0.3) is 5.91 Å². The van der Waals surface area contributed by atoms with Crippen molar-refractivity contribution in [2.75, 3.05) is 5.32 Å². The first kappa shape index (κ1) is 23.9. The number of halogens is 2. The Hall–Kier alpha value is -3.29. The average Bonchev–Trinajstić information content (AvgIpc) is 3.36. The van der Waals surface area contributed by atoms with Gasteiger partial charge in [-0.05, 0) is 74.7 Å². The lowest BCUT2D eigenvalue weighted by atomic mass is 10.1. The lowest BCUT2D eigenvalue weighted by Crippen LogP contribution is -2.15. The molecule has 7 nitrogen and oxygen atoms in total. The van der Waals surface area contributed by atoms with Gasteiger partial charge in [0.05, 0.1) is 23.6 Å². The fraction of sp³-hybridized carbons (Fsp3) is 0.240. The minimum absolute atomic E-state index is 0.170. The standard InChI is InChI=1S/C25H25Cl2N5O2/c1-15-10-21(11-16(2)23(15)27)34-14-31-9-8-22(30-31)25(33)28-24-17(3)29-32(18(24)4)13-19-6-5-7-20(26)12-19/h5-12H,13-14H2,1-4H3,(H,28,33). The van der Waals surface area contributed by atoms with Crippen LogP contribution in [-0.2, 0) is 13.3 Å². The number of carbonyl (C=O) groups excluding carboxylic acids is 1. The topological polar surface area (TPSA) is 74.0 Å². The van der Waals surface area contributed by atoms with Gasteiger partial charge in [-0.3, -0.25) is 9.48 Å². The number of aromatic nitrogens is 4. The van der Waals surface area contributed by atoms with Gasteiger partial charge in [0, 0.05) is 16.2 Å². The van der Waals surface area contributed by atoms with Crippen LogP contribution in [0.3, 0.4) is 0 Å². The predicted octanol–water partition coefficient (Wildman–Crippen LogP) is 5.96. The Morgan fingerprint density at radius 2 is 1.76 bits per heavy atom. The largest absolute Gasteiger partial charge is 0.471 e. The highest BCUT2D eigenvalue weighted by molar-refractivity contribution is 6.32. The number of rotatable bonds is 7. The second-order valence-corrected chi connectivity index (χ2v) is 8.99. The van der Waals surface area contributed by atoms with E-state index in [4.69, 9.17) is 27.9 Å². The van der Waals surface area contributed by atoms with E-state index >= 15 is 0 Å². The Kier molecular flexibility index (Phi) is 6.95. The van der Waals surface area contributed by atoms with Gasteiger partial charge in [0.1, 0.15) is 5.75 Å². The number of nitrogens with zero attached hydrogens (tertiary/aromatic N) is 4. The van der Waals surface area contributed by atoms with Gasteiger partial charge in [-0.15, -0.1) is 0 Å². The zero-order chi connectivity index (χ0) is 24.4. The van der Waals surface area contributed by atoms with Crippen molar-refractivity contribution in [2.24, 2.45) is 0 Å². The fourth-order valence-electron chi connectivity index (χ4n) is 3.70. The van der Waals surface area contributed by atoms with E-state index in [1.807, 2.05) is 68.8 Å². The quantitative estimate of drug-likeness (QED) is 0.341. The molecule has 0 radical (unpaired) electrons. The fourth-order valence-corrected chi connectivity index (χ4v) is 4.02. The van der Waals surface area contributed by atoms with Crippen LogP contribution in [0.4, 0.5) is 5.69 Å². The molecule has 0 unspecified atom stereocenters. The van der Waals surface area contributed by atoms with Crippen molar-refractivity contribution in [3.8, 4) is 5.75 Å². The third-order valence-electron chi connectivity index (χ3n) is 5.49. The highest BCUT2D eigenvalue weighted by atomic mass is 35.5. The second kappa shape index (κ2) is 9.91. The Morgan fingerprint density at radius 3 is 2.47 bits per heavy atom. The molecule has 4 aromatic rings. The third-order valence-corrected chi connectivity index (χ3v) is 6.32. The molecule has 0 spiro atoms. The normalized spacial score (nSPS) is 11.0. The Labute approximate surface area is 208 Å². The maximum atomic E-state index is 12.8. The van der Waals surface area contributed by atoms with E-state index in [1.54, 1.807) is 16.9 Å². The van der Waals surface area contributed by atoms with Crippen molar-refractivity contribution in [1.82, 2.24) is 19.6 Å². The highest BCUT2D eigenvalue weighted by Crippen LogP contribution is 2.26. The lowest BCUT2D eigenvalue weighted by Gasteiger charge is -2.10. The summed E-state index contributed by atoms with van der Waals surface area (Å²) in [7, 11) is 0. The molecule has 1 amide bonds. The van der Waals surface area contributed by atoms with Gasteiger partial charge in [-0.25, -0.2) is 4.68 Å². The summed E-state index contributed by atoms with van der Waals surface area (Å²) < 4.78 is 9.23. The van der Waals surface area contributed by atoms with E-state index in [9.17, 15) is 4.79 Å². The number of benzene rings is 2. The Bertz CT molecular complexity index is 1340. The molecule has 0 aliphatic heterocycles. The van der Waals surface area contributed by atoms with Crippen LogP contribution in [0.1, 0.15) is 38.6 Å². The molecule has 2 heterocycles. The van der Waals surface area contributed by atoms with E-state index in [0.717, 1.165) is 33.1 Å². The zero-order valence-electron chi connectivity index (χ0n) is 19.4. The summed E-state index contributed by atoms with van der Waals surface area (Å²) in [6.45, 7) is 8.36. The van der Waals surface area contributed by atoms with Crippen molar-refractivity contribution in [3.05, 3.63) is 92.5 Å². The first-order chi connectivity index (χ1) is 16.2. The predicted molar refractivity (Wildman–Crippen MR) is 134 cm³/mol. The molecule has 9 heteroatoms. The van der Waals surface area contributed by atoms with Crippen molar-refractivity contribution in [1.29, 1.82) is 0 Å². The van der Waals surface area contributed by atoms with Crippen LogP contribution < -0.4 is 10.1 Å². The third kappa shape index (κ3) is 5.26. The van der Waals surface area contributed by atoms with Crippen molar-refractivity contribution in [3.63, 3.8) is 0 Å². The maximum Gasteiger partial charge on any atom is 0.276 e. The minimum atomic E-state index is -0.314.